The van der Waals surface area contributed by atoms with E-state index in [1.807, 2.05) is 0 Å². The SMILES string of the molecule is C=CC1CNC(S)O1. The Kier molecular flexibility index (Phi) is 1.94. The zero-order valence-electron chi connectivity index (χ0n) is 4.50. The maximum absolute atomic E-state index is 5.15. The topological polar surface area (TPSA) is 21.3 Å². The van der Waals surface area contributed by atoms with E-state index in [1.54, 1.807) is 6.08 Å². The van der Waals surface area contributed by atoms with Crippen molar-refractivity contribution in [1.29, 1.82) is 0 Å². The van der Waals surface area contributed by atoms with E-state index in [1.165, 1.54) is 0 Å². The maximum Gasteiger partial charge on any atom is 0.154 e. The van der Waals surface area contributed by atoms with E-state index in [-0.39, 0.29) is 11.7 Å². The number of nitrogens with one attached hydrogen (secondary N) is 1. The molecule has 0 aliphatic carbocycles. The second-order valence-corrected chi connectivity index (χ2v) is 2.14. The van der Waals surface area contributed by atoms with Crippen LogP contribution in [-0.2, 0) is 4.74 Å². The van der Waals surface area contributed by atoms with Crippen molar-refractivity contribution in [2.45, 2.75) is 11.7 Å². The summed E-state index contributed by atoms with van der Waals surface area (Å²) < 4.78 is 5.15. The molecule has 3 heteroatoms. The van der Waals surface area contributed by atoms with Gasteiger partial charge in [-0.05, 0) is 0 Å². The van der Waals surface area contributed by atoms with Crippen LogP contribution in [0.4, 0.5) is 0 Å². The van der Waals surface area contributed by atoms with Crippen LogP contribution in [0.5, 0.6) is 0 Å². The van der Waals surface area contributed by atoms with Crippen molar-refractivity contribution in [2.75, 3.05) is 6.54 Å². The minimum Gasteiger partial charge on any atom is -0.346 e. The molecule has 8 heavy (non-hydrogen) atoms. The van der Waals surface area contributed by atoms with Crippen LogP contribution in [0.1, 0.15) is 0 Å². The second kappa shape index (κ2) is 2.53. The quantitative estimate of drug-likeness (QED) is 0.396. The lowest BCUT2D eigenvalue weighted by atomic mass is 10.4. The van der Waals surface area contributed by atoms with Gasteiger partial charge in [0.25, 0.3) is 0 Å². The van der Waals surface area contributed by atoms with E-state index in [2.05, 4.69) is 24.5 Å². The van der Waals surface area contributed by atoms with E-state index in [0.717, 1.165) is 6.54 Å². The monoisotopic (exact) mass is 131 g/mol. The first kappa shape index (κ1) is 6.13. The highest BCUT2D eigenvalue weighted by Crippen LogP contribution is 2.06. The van der Waals surface area contributed by atoms with Crippen molar-refractivity contribution < 1.29 is 4.74 Å². The van der Waals surface area contributed by atoms with Gasteiger partial charge in [-0.25, -0.2) is 0 Å². The minimum atomic E-state index is -0.0991. The normalized spacial score (nSPS) is 37.6. The van der Waals surface area contributed by atoms with Crippen molar-refractivity contribution in [2.24, 2.45) is 0 Å². The van der Waals surface area contributed by atoms with Crippen LogP contribution in [0.25, 0.3) is 0 Å². The molecular formula is C5H9NOS. The molecule has 0 spiro atoms. The largest absolute Gasteiger partial charge is 0.346 e. The van der Waals surface area contributed by atoms with Gasteiger partial charge in [-0.1, -0.05) is 6.08 Å². The average molecular weight is 131 g/mol. The fourth-order valence-corrected chi connectivity index (χ4v) is 0.879. The fourth-order valence-electron chi connectivity index (χ4n) is 0.618. The predicted octanol–water partition coefficient (Wildman–Crippen LogP) is 0.374. The molecule has 46 valence electrons. The summed E-state index contributed by atoms with van der Waals surface area (Å²) in [6.45, 7) is 4.41. The van der Waals surface area contributed by atoms with Crippen LogP contribution in [0, 0.1) is 0 Å². The van der Waals surface area contributed by atoms with Crippen LogP contribution in [0.3, 0.4) is 0 Å². The van der Waals surface area contributed by atoms with Gasteiger partial charge in [0.1, 0.15) is 0 Å². The Morgan fingerprint density at radius 2 is 2.62 bits per heavy atom. The third-order valence-electron chi connectivity index (χ3n) is 1.06. The van der Waals surface area contributed by atoms with Gasteiger partial charge in [0.05, 0.1) is 6.10 Å². The highest BCUT2D eigenvalue weighted by molar-refractivity contribution is 7.80. The van der Waals surface area contributed by atoms with Crippen molar-refractivity contribution in [3.63, 3.8) is 0 Å². The molecule has 2 atom stereocenters. The van der Waals surface area contributed by atoms with Crippen molar-refractivity contribution in [1.82, 2.24) is 5.32 Å². The lowest BCUT2D eigenvalue weighted by molar-refractivity contribution is 0.124. The molecule has 2 nitrogen and oxygen atoms in total. The summed E-state index contributed by atoms with van der Waals surface area (Å²) in [5.74, 6) is 0. The Balaban J connectivity index is 2.32. The molecule has 1 aliphatic rings. The fraction of sp³-hybridized carbons (Fsp3) is 0.600. The maximum atomic E-state index is 5.15. The molecule has 0 saturated carbocycles. The summed E-state index contributed by atoms with van der Waals surface area (Å²) in [5, 5.41) is 2.99. The van der Waals surface area contributed by atoms with E-state index >= 15 is 0 Å². The summed E-state index contributed by atoms with van der Waals surface area (Å²) >= 11 is 4.02. The Labute approximate surface area is 54.3 Å². The summed E-state index contributed by atoms with van der Waals surface area (Å²) in [4.78, 5) is 0. The number of hydrogen-bond donors (Lipinski definition) is 2. The average Bonchev–Trinajstić information content (AvgIpc) is 2.14. The van der Waals surface area contributed by atoms with E-state index < -0.39 is 0 Å². The Bertz CT molecular complexity index is 96.4. The van der Waals surface area contributed by atoms with Gasteiger partial charge in [-0.3, -0.25) is 5.32 Å². The van der Waals surface area contributed by atoms with Gasteiger partial charge in [-0.2, -0.15) is 0 Å². The smallest absolute Gasteiger partial charge is 0.154 e. The third-order valence-corrected chi connectivity index (χ3v) is 1.36. The lowest BCUT2D eigenvalue weighted by Gasteiger charge is -2.00. The molecule has 0 bridgehead atoms. The molecule has 2 unspecified atom stereocenters. The van der Waals surface area contributed by atoms with Gasteiger partial charge < -0.3 is 4.74 Å². The van der Waals surface area contributed by atoms with Gasteiger partial charge in [0.15, 0.2) is 5.56 Å². The predicted molar refractivity (Wildman–Crippen MR) is 35.8 cm³/mol. The highest BCUT2D eigenvalue weighted by atomic mass is 32.1. The molecular weight excluding hydrogens is 122 g/mol. The van der Waals surface area contributed by atoms with Crippen molar-refractivity contribution in [3.8, 4) is 0 Å². The first-order chi connectivity index (χ1) is 3.83. The molecule has 1 saturated heterocycles. The minimum absolute atomic E-state index is 0.0991. The molecule has 0 amide bonds. The van der Waals surface area contributed by atoms with Gasteiger partial charge in [0, 0.05) is 6.54 Å². The molecule has 0 aromatic rings. The molecule has 0 aromatic heterocycles. The van der Waals surface area contributed by atoms with Crippen molar-refractivity contribution >= 4 is 12.6 Å². The number of thiol groups is 1. The number of hydrogen-bond acceptors (Lipinski definition) is 3. The van der Waals surface area contributed by atoms with Crippen LogP contribution < -0.4 is 5.32 Å². The Hall–Kier alpha value is 0.01000. The van der Waals surface area contributed by atoms with Gasteiger partial charge >= 0.3 is 0 Å². The number of ether oxygens (including phenoxy) is 1. The van der Waals surface area contributed by atoms with E-state index in [9.17, 15) is 0 Å². The molecule has 0 aromatic carbocycles. The highest BCUT2D eigenvalue weighted by Gasteiger charge is 2.17. The summed E-state index contributed by atoms with van der Waals surface area (Å²) in [7, 11) is 0. The molecule has 1 fully saturated rings. The molecule has 1 aliphatic heterocycles. The zero-order chi connectivity index (χ0) is 5.98. The lowest BCUT2D eigenvalue weighted by Crippen LogP contribution is -2.15. The third kappa shape index (κ3) is 1.24. The zero-order valence-corrected chi connectivity index (χ0v) is 5.40. The van der Waals surface area contributed by atoms with Crippen molar-refractivity contribution in [3.05, 3.63) is 12.7 Å². The van der Waals surface area contributed by atoms with Crippen LogP contribution in [0.15, 0.2) is 12.7 Å². The summed E-state index contributed by atoms with van der Waals surface area (Å²) in [6.07, 6.45) is 1.92. The first-order valence-electron chi connectivity index (χ1n) is 2.52. The molecule has 0 radical (unpaired) electrons. The molecule has 1 rings (SSSR count). The first-order valence-corrected chi connectivity index (χ1v) is 3.04. The number of rotatable bonds is 1. The second-order valence-electron chi connectivity index (χ2n) is 1.67. The van der Waals surface area contributed by atoms with Gasteiger partial charge in [0.2, 0.25) is 0 Å². The molecule has 1 N–H and O–H groups in total. The summed E-state index contributed by atoms with van der Waals surface area (Å²) in [5.41, 5.74) is -0.0991. The summed E-state index contributed by atoms with van der Waals surface area (Å²) in [6, 6.07) is 0. The standard InChI is InChI=1S/C5H9NOS/c1-2-4-3-6-5(8)7-4/h2,4-6,8H,1,3H2. The van der Waals surface area contributed by atoms with Crippen LogP contribution in [-0.4, -0.2) is 18.2 Å². The van der Waals surface area contributed by atoms with E-state index in [0.29, 0.717) is 0 Å². The Morgan fingerprint density at radius 3 is 2.88 bits per heavy atom. The van der Waals surface area contributed by atoms with E-state index in [4.69, 9.17) is 4.74 Å². The molecule has 1 heterocycles. The van der Waals surface area contributed by atoms with Crippen LogP contribution in [0.2, 0.25) is 0 Å². The Morgan fingerprint density at radius 1 is 1.88 bits per heavy atom. The van der Waals surface area contributed by atoms with Gasteiger partial charge in [-0.15, -0.1) is 19.2 Å². The van der Waals surface area contributed by atoms with Crippen LogP contribution >= 0.6 is 12.6 Å².